The van der Waals surface area contributed by atoms with Gasteiger partial charge in [-0.3, -0.25) is 0 Å². The minimum atomic E-state index is -0.0868. The summed E-state index contributed by atoms with van der Waals surface area (Å²) in [5.41, 5.74) is -0.174. The van der Waals surface area contributed by atoms with Gasteiger partial charge in [-0.15, -0.1) is 0 Å². The Balaban J connectivity index is 0.00000169. The molecule has 1 rings (SSSR count). The normalized spacial score (nSPS) is 22.6. The molecule has 0 aromatic heterocycles. The van der Waals surface area contributed by atoms with Crippen LogP contribution < -0.4 is 0 Å². The Morgan fingerprint density at radius 1 is 0.786 bits per heavy atom. The maximum atomic E-state index is 5.69. The van der Waals surface area contributed by atoms with Crippen LogP contribution in [0.1, 0.15) is 53.4 Å². The van der Waals surface area contributed by atoms with E-state index in [1.807, 2.05) is 0 Å². The van der Waals surface area contributed by atoms with Crippen LogP contribution >= 0.6 is 0 Å². The number of hydrogen-bond acceptors (Lipinski definition) is 2. The molecule has 1 aliphatic rings. The van der Waals surface area contributed by atoms with Crippen LogP contribution in [0.4, 0.5) is 0 Å². The van der Waals surface area contributed by atoms with E-state index < -0.39 is 0 Å². The minimum absolute atomic E-state index is 0. The molecule has 0 N–H and O–H groups in total. The Morgan fingerprint density at radius 2 is 1.07 bits per heavy atom. The molecule has 4 heteroatoms. The van der Waals surface area contributed by atoms with E-state index in [9.17, 15) is 0 Å². The van der Waals surface area contributed by atoms with Gasteiger partial charge in [0.2, 0.25) is 0 Å². The molecule has 0 aliphatic carbocycles. The van der Waals surface area contributed by atoms with Crippen LogP contribution in [0.25, 0.3) is 0 Å². The van der Waals surface area contributed by atoms with Gasteiger partial charge in [0.25, 0.3) is 0 Å². The molecule has 0 spiro atoms. The zero-order valence-corrected chi connectivity index (χ0v) is 12.6. The smallest absolute Gasteiger partial charge is 0.405 e. The third-order valence-corrected chi connectivity index (χ3v) is 3.66. The molecule has 1 heterocycles. The van der Waals surface area contributed by atoms with E-state index in [2.05, 4.69) is 27.7 Å². The van der Waals surface area contributed by atoms with Crippen LogP contribution in [0.15, 0.2) is 0 Å². The fraction of sp³-hybridized carbons (Fsp3) is 1.00. The summed E-state index contributed by atoms with van der Waals surface area (Å²) in [4.78, 5) is 0. The summed E-state index contributed by atoms with van der Waals surface area (Å²) in [5.74, 6) is 0. The van der Waals surface area contributed by atoms with Gasteiger partial charge in [-0.05, 0) is 25.7 Å². The molecular formula is C10H20BO2W. The van der Waals surface area contributed by atoms with Gasteiger partial charge in [-0.25, -0.2) is 0 Å². The van der Waals surface area contributed by atoms with Gasteiger partial charge in [-0.1, -0.05) is 27.7 Å². The van der Waals surface area contributed by atoms with Crippen LogP contribution in [0.2, 0.25) is 0 Å². The maximum absolute atomic E-state index is 5.69. The predicted molar refractivity (Wildman–Crippen MR) is 54.6 cm³/mol. The molecule has 1 saturated heterocycles. The van der Waals surface area contributed by atoms with E-state index in [0.29, 0.717) is 0 Å². The van der Waals surface area contributed by atoms with Gasteiger partial charge in [0, 0.05) is 21.1 Å². The van der Waals surface area contributed by atoms with Gasteiger partial charge in [0.05, 0.1) is 11.2 Å². The Bertz CT molecular complexity index is 150. The van der Waals surface area contributed by atoms with Crippen molar-refractivity contribution in [3.63, 3.8) is 0 Å². The van der Waals surface area contributed by atoms with E-state index >= 15 is 0 Å². The maximum Gasteiger partial charge on any atom is 0.489 e. The molecule has 0 unspecified atom stereocenters. The van der Waals surface area contributed by atoms with Crippen molar-refractivity contribution in [2.24, 2.45) is 0 Å². The molecule has 0 saturated carbocycles. The number of hydrogen-bond donors (Lipinski definition) is 0. The fourth-order valence-corrected chi connectivity index (χ4v) is 2.55. The van der Waals surface area contributed by atoms with Crippen molar-refractivity contribution in [2.75, 3.05) is 0 Å². The summed E-state index contributed by atoms with van der Waals surface area (Å²) in [5, 5.41) is 0. The standard InChI is InChI=1S/C10H20BO2.W/c1-5-9(6-2)10(7-3,8-4)13-11-12-9;/h5-8H2,1-4H3;. The van der Waals surface area contributed by atoms with Gasteiger partial charge < -0.3 is 9.31 Å². The molecule has 1 radical (unpaired) electrons. The van der Waals surface area contributed by atoms with E-state index in [0.717, 1.165) is 25.7 Å². The molecule has 1 fully saturated rings. The molecule has 0 amide bonds. The van der Waals surface area contributed by atoms with Crippen molar-refractivity contribution in [2.45, 2.75) is 64.6 Å². The van der Waals surface area contributed by atoms with Gasteiger partial charge >= 0.3 is 7.69 Å². The van der Waals surface area contributed by atoms with Crippen LogP contribution in [-0.4, -0.2) is 18.9 Å². The quantitative estimate of drug-likeness (QED) is 0.712. The topological polar surface area (TPSA) is 18.5 Å². The van der Waals surface area contributed by atoms with E-state index in [1.165, 1.54) is 0 Å². The predicted octanol–water partition coefficient (Wildman–Crippen LogP) is 2.68. The molecule has 0 aromatic carbocycles. The van der Waals surface area contributed by atoms with E-state index in [-0.39, 0.29) is 32.3 Å². The molecule has 0 aromatic rings. The Hall–Kier alpha value is 0.673. The zero-order chi connectivity index (χ0) is 9.95. The van der Waals surface area contributed by atoms with E-state index in [1.54, 1.807) is 7.69 Å². The zero-order valence-electron chi connectivity index (χ0n) is 9.63. The second-order valence-corrected chi connectivity index (χ2v) is 3.73. The Kier molecular flexibility index (Phi) is 5.95. The molecular weight excluding hydrogens is 347 g/mol. The summed E-state index contributed by atoms with van der Waals surface area (Å²) < 4.78 is 11.4. The van der Waals surface area contributed by atoms with Crippen molar-refractivity contribution >= 4 is 7.69 Å². The van der Waals surface area contributed by atoms with E-state index in [4.69, 9.17) is 9.31 Å². The third kappa shape index (κ3) is 1.96. The number of rotatable bonds is 4. The average Bonchev–Trinajstić information content (AvgIpc) is 2.57. The molecule has 0 bridgehead atoms. The molecule has 81 valence electrons. The third-order valence-electron chi connectivity index (χ3n) is 3.66. The fourth-order valence-electron chi connectivity index (χ4n) is 2.55. The summed E-state index contributed by atoms with van der Waals surface area (Å²) in [6.45, 7) is 8.69. The first-order valence-corrected chi connectivity index (χ1v) is 5.37. The molecule has 2 nitrogen and oxygen atoms in total. The van der Waals surface area contributed by atoms with Crippen molar-refractivity contribution in [1.29, 1.82) is 0 Å². The summed E-state index contributed by atoms with van der Waals surface area (Å²) in [6, 6.07) is 0. The van der Waals surface area contributed by atoms with Crippen molar-refractivity contribution in [1.82, 2.24) is 0 Å². The van der Waals surface area contributed by atoms with Crippen LogP contribution in [0.3, 0.4) is 0 Å². The average molecular weight is 367 g/mol. The monoisotopic (exact) mass is 367 g/mol. The molecule has 14 heavy (non-hydrogen) atoms. The molecule has 1 aliphatic heterocycles. The van der Waals surface area contributed by atoms with Gasteiger partial charge in [-0.2, -0.15) is 0 Å². The van der Waals surface area contributed by atoms with Crippen molar-refractivity contribution in [3.05, 3.63) is 0 Å². The second-order valence-electron chi connectivity index (χ2n) is 3.73. The second kappa shape index (κ2) is 5.67. The SMILES string of the molecule is CCC1(CC)O[B]OC1(CC)CC.[W]. The summed E-state index contributed by atoms with van der Waals surface area (Å²) >= 11 is 0. The van der Waals surface area contributed by atoms with Crippen LogP contribution in [0.5, 0.6) is 0 Å². The summed E-state index contributed by atoms with van der Waals surface area (Å²) in [7, 11) is 1.54. The molecule has 0 atom stereocenters. The Morgan fingerprint density at radius 3 is 1.29 bits per heavy atom. The first-order chi connectivity index (χ1) is 6.20. The van der Waals surface area contributed by atoms with Crippen molar-refractivity contribution in [3.8, 4) is 0 Å². The minimum Gasteiger partial charge on any atom is -0.405 e. The Labute approximate surface area is 103 Å². The first-order valence-electron chi connectivity index (χ1n) is 5.37. The van der Waals surface area contributed by atoms with Gasteiger partial charge in [0.1, 0.15) is 0 Å². The van der Waals surface area contributed by atoms with Crippen LogP contribution in [-0.2, 0) is 30.4 Å². The largest absolute Gasteiger partial charge is 0.489 e. The van der Waals surface area contributed by atoms with Crippen LogP contribution in [0, 0.1) is 0 Å². The van der Waals surface area contributed by atoms with Crippen molar-refractivity contribution < 1.29 is 30.4 Å². The first kappa shape index (κ1) is 14.7. The van der Waals surface area contributed by atoms with Gasteiger partial charge in [0.15, 0.2) is 0 Å². The summed E-state index contributed by atoms with van der Waals surface area (Å²) in [6.07, 6.45) is 4.06.